The van der Waals surface area contributed by atoms with Gasteiger partial charge in [-0.15, -0.1) is 0 Å². The quantitative estimate of drug-likeness (QED) is 0.321. The summed E-state index contributed by atoms with van der Waals surface area (Å²) in [6.07, 6.45) is 3.71. The van der Waals surface area contributed by atoms with Gasteiger partial charge in [-0.25, -0.2) is 9.97 Å². The third-order valence-electron chi connectivity index (χ3n) is 5.90. The Labute approximate surface area is 193 Å². The first-order chi connectivity index (χ1) is 16.0. The van der Waals surface area contributed by atoms with Crippen LogP contribution in [0.3, 0.4) is 0 Å². The summed E-state index contributed by atoms with van der Waals surface area (Å²) in [6.45, 7) is 8.12. The van der Waals surface area contributed by atoms with Crippen LogP contribution in [-0.4, -0.2) is 15.0 Å². The van der Waals surface area contributed by atoms with Gasteiger partial charge in [-0.05, 0) is 74.7 Å². The molecule has 0 bridgehead atoms. The van der Waals surface area contributed by atoms with E-state index in [1.54, 1.807) is 6.26 Å². The minimum atomic E-state index is 0.0732. The van der Waals surface area contributed by atoms with Crippen molar-refractivity contribution in [1.82, 2.24) is 15.0 Å². The number of benzene rings is 2. The molecule has 3 aromatic heterocycles. The summed E-state index contributed by atoms with van der Waals surface area (Å²) in [4.78, 5) is 13.7. The van der Waals surface area contributed by atoms with Gasteiger partial charge in [0.1, 0.15) is 17.2 Å². The number of anilines is 1. The smallest absolute Gasteiger partial charge is 0.134 e. The van der Waals surface area contributed by atoms with E-state index in [0.29, 0.717) is 0 Å². The van der Waals surface area contributed by atoms with Gasteiger partial charge in [-0.3, -0.25) is 4.98 Å². The lowest BCUT2D eigenvalue weighted by molar-refractivity contribution is 0.613. The van der Waals surface area contributed by atoms with Gasteiger partial charge >= 0.3 is 0 Å². The van der Waals surface area contributed by atoms with Gasteiger partial charge in [-0.1, -0.05) is 24.3 Å². The Morgan fingerprint density at radius 3 is 2.52 bits per heavy atom. The van der Waals surface area contributed by atoms with Crippen molar-refractivity contribution in [2.75, 3.05) is 5.32 Å². The van der Waals surface area contributed by atoms with Crippen LogP contribution < -0.4 is 5.32 Å². The van der Waals surface area contributed by atoms with Crippen LogP contribution in [0.15, 0.2) is 77.5 Å². The van der Waals surface area contributed by atoms with E-state index in [4.69, 9.17) is 4.42 Å². The van der Waals surface area contributed by atoms with Crippen LogP contribution in [0.2, 0.25) is 0 Å². The summed E-state index contributed by atoms with van der Waals surface area (Å²) in [5.74, 6) is 1.53. The summed E-state index contributed by atoms with van der Waals surface area (Å²) in [6, 6.07) is 20.9. The number of nitrogens with one attached hydrogen (secondary N) is 1. The predicted molar refractivity (Wildman–Crippen MR) is 133 cm³/mol. The second-order valence-corrected chi connectivity index (χ2v) is 8.50. The van der Waals surface area contributed by atoms with Crippen LogP contribution in [0, 0.1) is 20.8 Å². The second-order valence-electron chi connectivity index (χ2n) is 8.50. The molecule has 1 atom stereocenters. The maximum atomic E-state index is 5.59. The van der Waals surface area contributed by atoms with E-state index >= 15 is 0 Å². The average Bonchev–Trinajstić information content (AvgIpc) is 3.19. The van der Waals surface area contributed by atoms with E-state index in [0.717, 1.165) is 56.3 Å². The molecule has 0 saturated heterocycles. The number of fused-ring (bicyclic) bond motifs is 1. The molecule has 0 amide bonds. The minimum absolute atomic E-state index is 0.0732. The average molecular weight is 435 g/mol. The third-order valence-corrected chi connectivity index (χ3v) is 5.90. The number of rotatable bonds is 5. The lowest BCUT2D eigenvalue weighted by Gasteiger charge is -2.17. The van der Waals surface area contributed by atoms with Gasteiger partial charge in [-0.2, -0.15) is 0 Å². The molecular weight excluding hydrogens is 408 g/mol. The molecule has 0 fully saturated rings. The highest BCUT2D eigenvalue weighted by Crippen LogP contribution is 2.29. The Bertz CT molecular complexity index is 1440. The van der Waals surface area contributed by atoms with Crippen molar-refractivity contribution < 1.29 is 4.42 Å². The molecule has 0 aliphatic carbocycles. The van der Waals surface area contributed by atoms with E-state index in [1.165, 1.54) is 5.56 Å². The first-order valence-corrected chi connectivity index (χ1v) is 11.1. The largest absolute Gasteiger partial charge is 0.464 e. The molecule has 0 saturated carbocycles. The lowest BCUT2D eigenvalue weighted by Crippen LogP contribution is -2.09. The molecule has 5 nitrogen and oxygen atoms in total. The summed E-state index contributed by atoms with van der Waals surface area (Å²) in [7, 11) is 0. The number of pyridine rings is 1. The molecule has 1 N–H and O–H groups in total. The Morgan fingerprint density at radius 2 is 1.70 bits per heavy atom. The zero-order valence-electron chi connectivity index (χ0n) is 19.3. The fourth-order valence-electron chi connectivity index (χ4n) is 4.04. The first-order valence-electron chi connectivity index (χ1n) is 11.1. The number of hydrogen-bond acceptors (Lipinski definition) is 5. The van der Waals surface area contributed by atoms with E-state index in [2.05, 4.69) is 70.5 Å². The molecule has 1 unspecified atom stereocenters. The molecule has 0 spiro atoms. The maximum absolute atomic E-state index is 5.59. The van der Waals surface area contributed by atoms with Crippen molar-refractivity contribution in [3.05, 3.63) is 95.8 Å². The number of furan rings is 1. The number of nitrogens with zero attached hydrogens (tertiary/aromatic N) is 3. The fourth-order valence-corrected chi connectivity index (χ4v) is 4.04. The molecular formula is C28H26N4O. The minimum Gasteiger partial charge on any atom is -0.464 e. The zero-order chi connectivity index (χ0) is 22.9. The topological polar surface area (TPSA) is 63.8 Å². The van der Waals surface area contributed by atoms with Crippen molar-refractivity contribution in [3.8, 4) is 22.4 Å². The van der Waals surface area contributed by atoms with Crippen molar-refractivity contribution in [3.63, 3.8) is 0 Å². The Balaban J connectivity index is 1.42. The van der Waals surface area contributed by atoms with E-state index in [9.17, 15) is 0 Å². The number of aryl methyl sites for hydroxylation is 3. The van der Waals surface area contributed by atoms with Crippen LogP contribution in [0.4, 0.5) is 5.82 Å². The molecule has 5 rings (SSSR count). The van der Waals surface area contributed by atoms with Crippen LogP contribution >= 0.6 is 0 Å². The highest BCUT2D eigenvalue weighted by Gasteiger charge is 2.12. The van der Waals surface area contributed by atoms with Crippen LogP contribution in [-0.2, 0) is 0 Å². The molecule has 0 radical (unpaired) electrons. The van der Waals surface area contributed by atoms with E-state index < -0.39 is 0 Å². The van der Waals surface area contributed by atoms with Gasteiger partial charge < -0.3 is 9.73 Å². The summed E-state index contributed by atoms with van der Waals surface area (Å²) < 4.78 is 5.59. The first kappa shape index (κ1) is 20.9. The molecule has 164 valence electrons. The SMILES string of the molecule is Cc1ccc(-c2cccc(C(C)Nc3cc(-c4ccc5occ(C)c5c4)nc(C)n3)c2)cn1. The van der Waals surface area contributed by atoms with Crippen molar-refractivity contribution in [2.24, 2.45) is 0 Å². The summed E-state index contributed by atoms with van der Waals surface area (Å²) >= 11 is 0. The highest BCUT2D eigenvalue weighted by molar-refractivity contribution is 5.85. The summed E-state index contributed by atoms with van der Waals surface area (Å²) in [5.41, 5.74) is 8.40. The normalized spacial score (nSPS) is 12.1. The zero-order valence-corrected chi connectivity index (χ0v) is 19.3. The predicted octanol–water partition coefficient (Wildman–Crippen LogP) is 7.05. The van der Waals surface area contributed by atoms with Gasteiger partial charge in [0.15, 0.2) is 0 Å². The van der Waals surface area contributed by atoms with Crippen LogP contribution in [0.25, 0.3) is 33.4 Å². The number of aromatic nitrogens is 3. The maximum Gasteiger partial charge on any atom is 0.134 e. The Kier molecular flexibility index (Phi) is 5.38. The lowest BCUT2D eigenvalue weighted by atomic mass is 10.0. The Morgan fingerprint density at radius 1 is 0.848 bits per heavy atom. The van der Waals surface area contributed by atoms with Gasteiger partial charge in [0.25, 0.3) is 0 Å². The van der Waals surface area contributed by atoms with E-state index in [1.807, 2.05) is 44.3 Å². The van der Waals surface area contributed by atoms with Crippen molar-refractivity contribution >= 4 is 16.8 Å². The second kappa shape index (κ2) is 8.51. The molecule has 0 aliphatic heterocycles. The Hall–Kier alpha value is -3.99. The highest BCUT2D eigenvalue weighted by atomic mass is 16.3. The molecule has 33 heavy (non-hydrogen) atoms. The van der Waals surface area contributed by atoms with Crippen molar-refractivity contribution in [1.29, 1.82) is 0 Å². The van der Waals surface area contributed by atoms with Gasteiger partial charge in [0.05, 0.1) is 12.0 Å². The summed E-state index contributed by atoms with van der Waals surface area (Å²) in [5, 5.41) is 4.66. The molecule has 2 aromatic carbocycles. The number of hydrogen-bond donors (Lipinski definition) is 1. The molecule has 5 heteroatoms. The van der Waals surface area contributed by atoms with Gasteiger partial charge in [0.2, 0.25) is 0 Å². The fraction of sp³-hybridized carbons (Fsp3) is 0.179. The third kappa shape index (κ3) is 4.35. The monoisotopic (exact) mass is 434 g/mol. The molecule has 3 heterocycles. The van der Waals surface area contributed by atoms with Crippen LogP contribution in [0.5, 0.6) is 0 Å². The van der Waals surface area contributed by atoms with Crippen LogP contribution in [0.1, 0.15) is 35.6 Å². The van der Waals surface area contributed by atoms with Gasteiger partial charge in [0, 0.05) is 40.5 Å². The standard InChI is InChI=1S/C28H26N4O/c1-17-16-33-27-11-10-23(13-25(17)27)26-14-28(32-20(4)31-26)30-19(3)21-6-5-7-22(12-21)24-9-8-18(2)29-15-24/h5-16,19H,1-4H3,(H,30,31,32). The molecule has 5 aromatic rings. The molecule has 0 aliphatic rings. The van der Waals surface area contributed by atoms with Crippen molar-refractivity contribution in [2.45, 2.75) is 33.7 Å². The van der Waals surface area contributed by atoms with E-state index in [-0.39, 0.29) is 6.04 Å².